The fraction of sp³-hybridized carbons (Fsp3) is 0.600. The summed E-state index contributed by atoms with van der Waals surface area (Å²) in [5, 5.41) is 3.35. The average molecular weight is 249 g/mol. The topological polar surface area (TPSA) is 12.0 Å². The van der Waals surface area contributed by atoms with E-state index < -0.39 is 0 Å². The van der Waals surface area contributed by atoms with Crippen molar-refractivity contribution in [1.29, 1.82) is 0 Å². The molecule has 0 radical (unpaired) electrons. The maximum Gasteiger partial charge on any atom is 0.0523 e. The maximum atomic E-state index is 3.35. The Morgan fingerprint density at radius 2 is 2.00 bits per heavy atom. The van der Waals surface area contributed by atoms with E-state index in [4.69, 9.17) is 0 Å². The molecule has 2 heteroatoms. The Labute approximate surface area is 110 Å². The van der Waals surface area contributed by atoms with Crippen molar-refractivity contribution in [3.8, 4) is 11.8 Å². The van der Waals surface area contributed by atoms with Gasteiger partial charge in [0.2, 0.25) is 0 Å². The Hall–Kier alpha value is -0.780. The largest absolute Gasteiger partial charge is 0.312 e. The molecule has 17 heavy (non-hydrogen) atoms. The van der Waals surface area contributed by atoms with Crippen molar-refractivity contribution < 1.29 is 0 Å². The summed E-state index contributed by atoms with van der Waals surface area (Å²) in [4.78, 5) is 2.80. The van der Waals surface area contributed by atoms with Crippen LogP contribution < -0.4 is 5.32 Å². The minimum Gasteiger partial charge on any atom is -0.312 e. The number of hydrogen-bond donors (Lipinski definition) is 1. The molecule has 1 atom stereocenters. The smallest absolute Gasteiger partial charge is 0.0523 e. The number of nitrogens with one attached hydrogen (secondary N) is 1. The molecule has 0 spiro atoms. The monoisotopic (exact) mass is 249 g/mol. The molecule has 0 aromatic carbocycles. The molecule has 1 N–H and O–H groups in total. The van der Waals surface area contributed by atoms with Crippen LogP contribution in [0.5, 0.6) is 0 Å². The van der Waals surface area contributed by atoms with Gasteiger partial charge in [-0.3, -0.25) is 0 Å². The molecule has 94 valence electrons. The molecule has 0 aliphatic heterocycles. The summed E-state index contributed by atoms with van der Waals surface area (Å²) in [6, 6.07) is 2.64. The van der Waals surface area contributed by atoms with Gasteiger partial charge >= 0.3 is 0 Å². The second kappa shape index (κ2) is 5.71. The summed E-state index contributed by atoms with van der Waals surface area (Å²) in [7, 11) is 2.01. The molecular weight excluding hydrogens is 226 g/mol. The Bertz CT molecular complexity index is 406. The lowest BCUT2D eigenvalue weighted by Gasteiger charge is -2.12. The first-order valence-corrected chi connectivity index (χ1v) is 6.89. The van der Waals surface area contributed by atoms with Gasteiger partial charge in [0.25, 0.3) is 0 Å². The van der Waals surface area contributed by atoms with Crippen molar-refractivity contribution in [3.05, 3.63) is 21.4 Å². The van der Waals surface area contributed by atoms with Gasteiger partial charge in [0.05, 0.1) is 6.04 Å². The van der Waals surface area contributed by atoms with Crippen LogP contribution >= 0.6 is 11.3 Å². The van der Waals surface area contributed by atoms with E-state index >= 15 is 0 Å². The quantitative estimate of drug-likeness (QED) is 0.796. The fourth-order valence-corrected chi connectivity index (χ4v) is 2.69. The molecule has 0 amide bonds. The van der Waals surface area contributed by atoms with Crippen molar-refractivity contribution in [2.24, 2.45) is 5.41 Å². The van der Waals surface area contributed by atoms with E-state index in [0.29, 0.717) is 6.04 Å². The van der Waals surface area contributed by atoms with Crippen molar-refractivity contribution in [2.75, 3.05) is 7.05 Å². The molecule has 1 aromatic heterocycles. The van der Waals surface area contributed by atoms with Gasteiger partial charge in [0, 0.05) is 21.6 Å². The standard InChI is InChI=1S/C15H23NS/c1-11-10-14(17-12(11)2)13(16-6)8-7-9-15(3,4)5/h10,13,16H,8H2,1-6H3. The highest BCUT2D eigenvalue weighted by Crippen LogP contribution is 2.28. The lowest BCUT2D eigenvalue weighted by Crippen LogP contribution is -2.14. The fourth-order valence-electron chi connectivity index (χ4n) is 1.54. The molecule has 0 aliphatic rings. The van der Waals surface area contributed by atoms with E-state index in [2.05, 4.69) is 57.8 Å². The van der Waals surface area contributed by atoms with E-state index in [1.165, 1.54) is 15.3 Å². The van der Waals surface area contributed by atoms with Crippen LogP contribution in [0.1, 0.15) is 48.6 Å². The molecule has 0 fully saturated rings. The lowest BCUT2D eigenvalue weighted by molar-refractivity contribution is 0.567. The Morgan fingerprint density at radius 3 is 2.41 bits per heavy atom. The van der Waals surface area contributed by atoms with Gasteiger partial charge in [-0.15, -0.1) is 17.3 Å². The summed E-state index contributed by atoms with van der Waals surface area (Å²) in [6.45, 7) is 10.8. The van der Waals surface area contributed by atoms with Gasteiger partial charge in [-0.1, -0.05) is 5.92 Å². The van der Waals surface area contributed by atoms with E-state index in [-0.39, 0.29) is 5.41 Å². The third kappa shape index (κ3) is 4.53. The molecule has 0 saturated carbocycles. The second-order valence-electron chi connectivity index (χ2n) is 5.49. The molecule has 1 rings (SSSR count). The number of aryl methyl sites for hydroxylation is 2. The highest BCUT2D eigenvalue weighted by molar-refractivity contribution is 7.12. The predicted molar refractivity (Wildman–Crippen MR) is 77.4 cm³/mol. The molecule has 0 saturated heterocycles. The summed E-state index contributed by atoms with van der Waals surface area (Å²) < 4.78 is 0. The van der Waals surface area contributed by atoms with Crippen LogP contribution in [0, 0.1) is 31.1 Å². The van der Waals surface area contributed by atoms with Crippen LogP contribution in [0.15, 0.2) is 6.07 Å². The van der Waals surface area contributed by atoms with Gasteiger partial charge < -0.3 is 5.32 Å². The molecule has 1 aromatic rings. The molecular formula is C15H23NS. The van der Waals surface area contributed by atoms with Gasteiger partial charge in [0.1, 0.15) is 0 Å². The highest BCUT2D eigenvalue weighted by atomic mass is 32.1. The van der Waals surface area contributed by atoms with E-state index in [0.717, 1.165) is 6.42 Å². The zero-order valence-electron chi connectivity index (χ0n) is 11.8. The number of rotatable bonds is 3. The third-order valence-corrected chi connectivity index (χ3v) is 3.91. The van der Waals surface area contributed by atoms with Gasteiger partial charge in [0.15, 0.2) is 0 Å². The van der Waals surface area contributed by atoms with Crippen LogP contribution in [0.2, 0.25) is 0 Å². The first-order valence-electron chi connectivity index (χ1n) is 6.07. The molecule has 1 unspecified atom stereocenters. The van der Waals surface area contributed by atoms with Crippen molar-refractivity contribution in [2.45, 2.75) is 47.1 Å². The van der Waals surface area contributed by atoms with Gasteiger partial charge in [-0.25, -0.2) is 0 Å². The molecule has 1 heterocycles. The van der Waals surface area contributed by atoms with E-state index in [9.17, 15) is 0 Å². The van der Waals surface area contributed by atoms with Crippen LogP contribution in [-0.2, 0) is 0 Å². The lowest BCUT2D eigenvalue weighted by atomic mass is 9.97. The zero-order chi connectivity index (χ0) is 13.1. The van der Waals surface area contributed by atoms with Gasteiger partial charge in [-0.2, -0.15) is 0 Å². The Morgan fingerprint density at radius 1 is 1.35 bits per heavy atom. The summed E-state index contributed by atoms with van der Waals surface area (Å²) in [5.74, 6) is 6.59. The maximum absolute atomic E-state index is 3.35. The van der Waals surface area contributed by atoms with Crippen LogP contribution in [0.25, 0.3) is 0 Å². The average Bonchev–Trinajstić information content (AvgIpc) is 2.52. The Balaban J connectivity index is 2.75. The first kappa shape index (κ1) is 14.3. The summed E-state index contributed by atoms with van der Waals surface area (Å²) in [5.41, 5.74) is 1.48. The van der Waals surface area contributed by atoms with Crippen molar-refractivity contribution in [1.82, 2.24) is 5.32 Å². The van der Waals surface area contributed by atoms with Crippen molar-refractivity contribution >= 4 is 11.3 Å². The zero-order valence-corrected chi connectivity index (χ0v) is 12.6. The number of thiophene rings is 1. The van der Waals surface area contributed by atoms with Crippen LogP contribution in [0.3, 0.4) is 0 Å². The van der Waals surface area contributed by atoms with Crippen LogP contribution in [-0.4, -0.2) is 7.05 Å². The third-order valence-electron chi connectivity index (χ3n) is 2.65. The normalized spacial score (nSPS) is 13.1. The second-order valence-corrected chi connectivity index (χ2v) is 6.77. The van der Waals surface area contributed by atoms with Gasteiger partial charge in [-0.05, 0) is 53.3 Å². The minimum atomic E-state index is 0.0968. The highest BCUT2D eigenvalue weighted by Gasteiger charge is 2.12. The first-order chi connectivity index (χ1) is 7.83. The SMILES string of the molecule is CNC(CC#CC(C)(C)C)c1cc(C)c(C)s1. The van der Waals surface area contributed by atoms with E-state index in [1.807, 2.05) is 18.4 Å². The van der Waals surface area contributed by atoms with Crippen LogP contribution in [0.4, 0.5) is 0 Å². The summed E-state index contributed by atoms with van der Waals surface area (Å²) in [6.07, 6.45) is 0.882. The molecule has 0 aliphatic carbocycles. The molecule has 0 bridgehead atoms. The summed E-state index contributed by atoms with van der Waals surface area (Å²) >= 11 is 1.87. The Kier molecular flexibility index (Phi) is 4.80. The molecule has 1 nitrogen and oxygen atoms in total. The predicted octanol–water partition coefficient (Wildman–Crippen LogP) is 4.07. The number of hydrogen-bond acceptors (Lipinski definition) is 2. The van der Waals surface area contributed by atoms with E-state index in [1.54, 1.807) is 0 Å². The minimum absolute atomic E-state index is 0.0968. The van der Waals surface area contributed by atoms with Crippen molar-refractivity contribution in [3.63, 3.8) is 0 Å².